The van der Waals surface area contributed by atoms with E-state index in [2.05, 4.69) is 0 Å². The fourth-order valence-electron chi connectivity index (χ4n) is 0.686. The third-order valence-corrected chi connectivity index (χ3v) is 2.63. The van der Waals surface area contributed by atoms with Crippen molar-refractivity contribution in [1.29, 1.82) is 0 Å². The lowest BCUT2D eigenvalue weighted by Gasteiger charge is -2.12. The lowest BCUT2D eigenvalue weighted by atomic mass is 10.2. The maximum absolute atomic E-state index is 11.6. The summed E-state index contributed by atoms with van der Waals surface area (Å²) >= 11 is 0. The van der Waals surface area contributed by atoms with Crippen LogP contribution in [0, 0.1) is 0 Å². The molecule has 0 fully saturated rings. The minimum Gasteiger partial charge on any atom is -0.346 e. The van der Waals surface area contributed by atoms with Crippen molar-refractivity contribution in [1.82, 2.24) is 0 Å². The summed E-state index contributed by atoms with van der Waals surface area (Å²) in [7, 11) is -3.03. The van der Waals surface area contributed by atoms with Crippen molar-refractivity contribution in [2.75, 3.05) is 0 Å². The van der Waals surface area contributed by atoms with Gasteiger partial charge in [-0.2, -0.15) is 13.2 Å². The molecule has 0 saturated heterocycles. The Kier molecular flexibility index (Phi) is 4.11. The third kappa shape index (κ3) is 5.27. The predicted octanol–water partition coefficient (Wildman–Crippen LogP) is 2.18. The van der Waals surface area contributed by atoms with Crippen LogP contribution in [0.1, 0.15) is 19.8 Å². The van der Waals surface area contributed by atoms with E-state index in [-0.39, 0.29) is 6.42 Å². The molecule has 6 heteroatoms. The highest BCUT2D eigenvalue weighted by atomic mass is 31.1. The molecule has 0 aliphatic carbocycles. The van der Waals surface area contributed by atoms with E-state index in [4.69, 9.17) is 4.89 Å². The second kappa shape index (κ2) is 4.12. The molecule has 0 saturated carbocycles. The number of alkyl halides is 3. The van der Waals surface area contributed by atoms with E-state index < -0.39 is 26.3 Å². The highest BCUT2D eigenvalue weighted by Gasteiger charge is 2.33. The molecule has 0 aromatic heterocycles. The average molecular weight is 190 g/mol. The van der Waals surface area contributed by atoms with Gasteiger partial charge in [0.15, 0.2) is 8.03 Å². The minimum atomic E-state index is -4.33. The summed E-state index contributed by atoms with van der Waals surface area (Å²) in [4.78, 5) is 8.42. The van der Waals surface area contributed by atoms with Crippen LogP contribution in [-0.2, 0) is 4.57 Å². The Balaban J connectivity index is 3.99. The number of rotatable bonds is 3. The predicted molar refractivity (Wildman–Crippen MR) is 36.0 cm³/mol. The summed E-state index contributed by atoms with van der Waals surface area (Å²) in [5.74, 6) is 0. The van der Waals surface area contributed by atoms with Gasteiger partial charge in [-0.25, -0.2) is 0 Å². The molecule has 0 aliphatic heterocycles. The maximum Gasteiger partial charge on any atom is 0.389 e. The van der Waals surface area contributed by atoms with Crippen molar-refractivity contribution in [3.8, 4) is 0 Å². The molecule has 2 atom stereocenters. The first-order valence-corrected chi connectivity index (χ1v) is 4.59. The molecule has 1 N–H and O–H groups in total. The van der Waals surface area contributed by atoms with Gasteiger partial charge >= 0.3 is 6.18 Å². The Labute approximate surface area is 63.3 Å². The molecular weight excluding hydrogens is 180 g/mol. The third-order valence-electron chi connectivity index (χ3n) is 1.32. The van der Waals surface area contributed by atoms with E-state index in [1.165, 1.54) is 6.92 Å². The van der Waals surface area contributed by atoms with Gasteiger partial charge in [-0.05, 0) is 6.42 Å². The Morgan fingerprint density at radius 1 is 1.55 bits per heavy atom. The van der Waals surface area contributed by atoms with Gasteiger partial charge in [-0.15, -0.1) is 0 Å². The maximum atomic E-state index is 11.6. The van der Waals surface area contributed by atoms with Crippen LogP contribution in [0.15, 0.2) is 0 Å². The zero-order valence-electron chi connectivity index (χ0n) is 5.98. The molecule has 0 aliphatic rings. The standard InChI is InChI=1S/C5H10F3O2P/c1-2-4(11(9)10)3-5(6,7)8/h4,11H,2-3H2,1H3,(H,9,10). The van der Waals surface area contributed by atoms with Crippen LogP contribution in [0.3, 0.4) is 0 Å². The fraction of sp³-hybridized carbons (Fsp3) is 1.00. The highest BCUT2D eigenvalue weighted by molar-refractivity contribution is 7.38. The van der Waals surface area contributed by atoms with E-state index in [1.807, 2.05) is 0 Å². The quantitative estimate of drug-likeness (QED) is 0.692. The molecule has 0 bridgehead atoms. The Hall–Kier alpha value is -0.0200. The van der Waals surface area contributed by atoms with Gasteiger partial charge in [0.05, 0.1) is 6.42 Å². The Morgan fingerprint density at radius 2 is 2.00 bits per heavy atom. The van der Waals surface area contributed by atoms with E-state index in [1.54, 1.807) is 0 Å². The summed E-state index contributed by atoms with van der Waals surface area (Å²) < 4.78 is 45.2. The zero-order valence-corrected chi connectivity index (χ0v) is 6.98. The summed E-state index contributed by atoms with van der Waals surface area (Å²) in [6.45, 7) is 1.47. The summed E-state index contributed by atoms with van der Waals surface area (Å²) in [5, 5.41) is 0. The topological polar surface area (TPSA) is 37.3 Å². The second-order valence-corrected chi connectivity index (χ2v) is 3.76. The van der Waals surface area contributed by atoms with Gasteiger partial charge < -0.3 is 4.89 Å². The number of hydrogen-bond acceptors (Lipinski definition) is 1. The normalized spacial score (nSPS) is 17.9. The first kappa shape index (κ1) is 11.0. The molecule has 0 amide bonds. The molecular formula is C5H10F3O2P. The molecule has 2 unspecified atom stereocenters. The van der Waals surface area contributed by atoms with Crippen molar-refractivity contribution < 1.29 is 22.6 Å². The minimum absolute atomic E-state index is 0.0911. The van der Waals surface area contributed by atoms with Gasteiger partial charge in [0.2, 0.25) is 0 Å². The lowest BCUT2D eigenvalue weighted by Crippen LogP contribution is -2.16. The molecule has 2 nitrogen and oxygen atoms in total. The number of halogens is 3. The lowest BCUT2D eigenvalue weighted by molar-refractivity contribution is -0.134. The van der Waals surface area contributed by atoms with Crippen LogP contribution in [0.25, 0.3) is 0 Å². The van der Waals surface area contributed by atoms with Gasteiger partial charge in [0.1, 0.15) is 0 Å². The van der Waals surface area contributed by atoms with Crippen LogP contribution in [0.5, 0.6) is 0 Å². The molecule has 0 rings (SSSR count). The van der Waals surface area contributed by atoms with Crippen LogP contribution in [-0.4, -0.2) is 16.7 Å². The van der Waals surface area contributed by atoms with Gasteiger partial charge in [-0.3, -0.25) is 4.57 Å². The van der Waals surface area contributed by atoms with E-state index in [0.29, 0.717) is 0 Å². The second-order valence-electron chi connectivity index (χ2n) is 2.26. The molecule has 68 valence electrons. The van der Waals surface area contributed by atoms with Crippen LogP contribution in [0.2, 0.25) is 0 Å². The van der Waals surface area contributed by atoms with Crippen molar-refractivity contribution >= 4 is 8.03 Å². The highest BCUT2D eigenvalue weighted by Crippen LogP contribution is 2.35. The Morgan fingerprint density at radius 3 is 2.09 bits per heavy atom. The van der Waals surface area contributed by atoms with E-state index in [9.17, 15) is 17.7 Å². The average Bonchev–Trinajstić information content (AvgIpc) is 1.80. The van der Waals surface area contributed by atoms with Crippen LogP contribution < -0.4 is 0 Å². The zero-order chi connectivity index (χ0) is 9.07. The Bertz CT molecular complexity index is 145. The van der Waals surface area contributed by atoms with Crippen molar-refractivity contribution in [3.63, 3.8) is 0 Å². The largest absolute Gasteiger partial charge is 0.389 e. The summed E-state index contributed by atoms with van der Waals surface area (Å²) in [6, 6.07) is 0. The summed E-state index contributed by atoms with van der Waals surface area (Å²) in [5.41, 5.74) is -1.11. The molecule has 11 heavy (non-hydrogen) atoms. The van der Waals surface area contributed by atoms with E-state index >= 15 is 0 Å². The first-order valence-electron chi connectivity index (χ1n) is 3.16. The van der Waals surface area contributed by atoms with Gasteiger partial charge in [0.25, 0.3) is 0 Å². The smallest absolute Gasteiger partial charge is 0.346 e. The molecule has 0 spiro atoms. The monoisotopic (exact) mass is 190 g/mol. The van der Waals surface area contributed by atoms with Gasteiger partial charge in [0, 0.05) is 5.66 Å². The molecule has 0 aromatic carbocycles. The van der Waals surface area contributed by atoms with Crippen LogP contribution >= 0.6 is 8.03 Å². The molecule has 0 aromatic rings. The SMILES string of the molecule is CCC(CC(F)(F)F)[PH](=O)O. The molecule has 0 radical (unpaired) electrons. The first-order chi connectivity index (χ1) is 4.87. The van der Waals surface area contributed by atoms with Crippen molar-refractivity contribution in [3.05, 3.63) is 0 Å². The van der Waals surface area contributed by atoms with E-state index in [0.717, 1.165) is 0 Å². The van der Waals surface area contributed by atoms with Gasteiger partial charge in [-0.1, -0.05) is 6.92 Å². The van der Waals surface area contributed by atoms with Crippen LogP contribution in [0.4, 0.5) is 13.2 Å². The summed E-state index contributed by atoms with van der Waals surface area (Å²) in [6.07, 6.45) is -5.39. The number of hydrogen-bond donors (Lipinski definition) is 1. The van der Waals surface area contributed by atoms with Crippen molar-refractivity contribution in [2.45, 2.75) is 31.6 Å². The van der Waals surface area contributed by atoms with Crippen molar-refractivity contribution in [2.24, 2.45) is 0 Å². The molecule has 0 heterocycles. The fourth-order valence-corrected chi connectivity index (χ4v) is 1.44.